The van der Waals surface area contributed by atoms with Crippen molar-refractivity contribution in [2.45, 2.75) is 19.3 Å². The van der Waals surface area contributed by atoms with Gasteiger partial charge in [0.25, 0.3) is 0 Å². The molecule has 1 N–H and O–H groups in total. The van der Waals surface area contributed by atoms with Crippen molar-refractivity contribution in [2.75, 3.05) is 20.7 Å². The Bertz CT molecular complexity index is 493. The topological polar surface area (TPSA) is 34.2 Å². The van der Waals surface area contributed by atoms with Gasteiger partial charge in [-0.15, -0.1) is 11.3 Å². The van der Waals surface area contributed by atoms with Crippen LogP contribution in [0, 0.1) is 0 Å². The standard InChI is InChI=1S/C15H20N2OS/c1-16-9-3-4-14-11-17-15(19-14)10-12-5-7-13(18-2)8-6-12/h5-8,11,16H,3-4,9-10H2,1-2H3. The van der Waals surface area contributed by atoms with Crippen LogP contribution in [-0.4, -0.2) is 25.7 Å². The maximum Gasteiger partial charge on any atom is 0.118 e. The number of nitrogens with one attached hydrogen (secondary N) is 1. The van der Waals surface area contributed by atoms with Crippen molar-refractivity contribution in [1.82, 2.24) is 10.3 Å². The number of thiazole rings is 1. The summed E-state index contributed by atoms with van der Waals surface area (Å²) < 4.78 is 5.16. The minimum Gasteiger partial charge on any atom is -0.497 e. The Balaban J connectivity index is 1.91. The van der Waals surface area contributed by atoms with E-state index in [1.807, 2.05) is 36.7 Å². The van der Waals surface area contributed by atoms with Crippen LogP contribution in [0.2, 0.25) is 0 Å². The number of ether oxygens (including phenoxy) is 1. The van der Waals surface area contributed by atoms with Crippen molar-refractivity contribution in [2.24, 2.45) is 0 Å². The van der Waals surface area contributed by atoms with E-state index in [2.05, 4.69) is 22.4 Å². The minimum absolute atomic E-state index is 0.899. The van der Waals surface area contributed by atoms with E-state index in [0.717, 1.165) is 25.1 Å². The molecule has 102 valence electrons. The molecule has 1 aromatic carbocycles. The number of hydrogen-bond donors (Lipinski definition) is 1. The molecule has 4 heteroatoms. The molecule has 1 aromatic heterocycles. The van der Waals surface area contributed by atoms with Crippen LogP contribution in [0.4, 0.5) is 0 Å². The van der Waals surface area contributed by atoms with E-state index in [-0.39, 0.29) is 0 Å². The predicted molar refractivity (Wildman–Crippen MR) is 80.2 cm³/mol. The Kier molecular flexibility index (Phi) is 5.36. The van der Waals surface area contributed by atoms with E-state index in [0.29, 0.717) is 0 Å². The third-order valence-corrected chi connectivity index (χ3v) is 4.02. The molecule has 0 bridgehead atoms. The fraction of sp³-hybridized carbons (Fsp3) is 0.400. The van der Waals surface area contributed by atoms with Crippen molar-refractivity contribution in [3.63, 3.8) is 0 Å². The number of methoxy groups -OCH3 is 1. The monoisotopic (exact) mass is 276 g/mol. The lowest BCUT2D eigenvalue weighted by Crippen LogP contribution is -2.07. The Morgan fingerprint density at radius 3 is 2.74 bits per heavy atom. The molecule has 2 aromatic rings. The highest BCUT2D eigenvalue weighted by Gasteiger charge is 2.03. The molecule has 0 radical (unpaired) electrons. The third kappa shape index (κ3) is 4.33. The van der Waals surface area contributed by atoms with Crippen molar-refractivity contribution < 1.29 is 4.74 Å². The molecule has 0 saturated heterocycles. The van der Waals surface area contributed by atoms with Gasteiger partial charge in [0, 0.05) is 17.5 Å². The summed E-state index contributed by atoms with van der Waals surface area (Å²) in [5.41, 5.74) is 1.27. The van der Waals surface area contributed by atoms with Gasteiger partial charge in [0.1, 0.15) is 5.75 Å². The number of benzene rings is 1. The minimum atomic E-state index is 0.899. The van der Waals surface area contributed by atoms with Crippen molar-refractivity contribution in [1.29, 1.82) is 0 Å². The normalized spacial score (nSPS) is 10.6. The lowest BCUT2D eigenvalue weighted by Gasteiger charge is -2.01. The second kappa shape index (κ2) is 7.26. The van der Waals surface area contributed by atoms with Gasteiger partial charge in [0.05, 0.1) is 12.1 Å². The zero-order chi connectivity index (χ0) is 13.5. The van der Waals surface area contributed by atoms with Crippen LogP contribution in [0.3, 0.4) is 0 Å². The molecular weight excluding hydrogens is 256 g/mol. The molecule has 0 aliphatic rings. The van der Waals surface area contributed by atoms with Crippen LogP contribution in [0.15, 0.2) is 30.5 Å². The Labute approximate surface area is 118 Å². The van der Waals surface area contributed by atoms with Gasteiger partial charge in [0.15, 0.2) is 0 Å². The van der Waals surface area contributed by atoms with Gasteiger partial charge in [-0.2, -0.15) is 0 Å². The van der Waals surface area contributed by atoms with E-state index in [1.165, 1.54) is 21.9 Å². The van der Waals surface area contributed by atoms with Gasteiger partial charge >= 0.3 is 0 Å². The average molecular weight is 276 g/mol. The van der Waals surface area contributed by atoms with Gasteiger partial charge in [-0.1, -0.05) is 12.1 Å². The van der Waals surface area contributed by atoms with E-state index < -0.39 is 0 Å². The van der Waals surface area contributed by atoms with Crippen LogP contribution in [0.25, 0.3) is 0 Å². The molecule has 1 heterocycles. The lowest BCUT2D eigenvalue weighted by molar-refractivity contribution is 0.414. The molecule has 0 spiro atoms. The number of hydrogen-bond acceptors (Lipinski definition) is 4. The summed E-state index contributed by atoms with van der Waals surface area (Å²) in [5, 5.41) is 4.35. The van der Waals surface area contributed by atoms with Crippen LogP contribution in [0.5, 0.6) is 5.75 Å². The maximum absolute atomic E-state index is 5.16. The smallest absolute Gasteiger partial charge is 0.118 e. The first-order valence-electron chi connectivity index (χ1n) is 6.53. The molecule has 0 aliphatic carbocycles. The molecule has 2 rings (SSSR count). The molecular formula is C15H20N2OS. The fourth-order valence-electron chi connectivity index (χ4n) is 1.90. The van der Waals surface area contributed by atoms with Crippen molar-refractivity contribution in [3.05, 3.63) is 45.9 Å². The summed E-state index contributed by atoms with van der Waals surface area (Å²) in [6.07, 6.45) is 5.20. The van der Waals surface area contributed by atoms with Gasteiger partial charge in [-0.3, -0.25) is 0 Å². The second-order valence-corrected chi connectivity index (χ2v) is 5.65. The Morgan fingerprint density at radius 1 is 1.26 bits per heavy atom. The SMILES string of the molecule is CNCCCc1cnc(Cc2ccc(OC)cc2)s1. The largest absolute Gasteiger partial charge is 0.497 e. The molecule has 3 nitrogen and oxygen atoms in total. The first-order chi connectivity index (χ1) is 9.31. The highest BCUT2D eigenvalue weighted by Crippen LogP contribution is 2.19. The first kappa shape index (κ1) is 14.0. The zero-order valence-corrected chi connectivity index (χ0v) is 12.3. The van der Waals surface area contributed by atoms with Gasteiger partial charge in [-0.05, 0) is 44.1 Å². The lowest BCUT2D eigenvalue weighted by atomic mass is 10.1. The van der Waals surface area contributed by atoms with E-state index in [4.69, 9.17) is 4.74 Å². The van der Waals surface area contributed by atoms with E-state index >= 15 is 0 Å². The zero-order valence-electron chi connectivity index (χ0n) is 11.5. The van der Waals surface area contributed by atoms with Gasteiger partial charge in [-0.25, -0.2) is 4.98 Å². The van der Waals surface area contributed by atoms with Crippen LogP contribution in [0.1, 0.15) is 21.9 Å². The number of nitrogens with zero attached hydrogens (tertiary/aromatic N) is 1. The third-order valence-electron chi connectivity index (χ3n) is 2.97. The average Bonchev–Trinajstić information content (AvgIpc) is 2.88. The Morgan fingerprint density at radius 2 is 2.05 bits per heavy atom. The molecule has 0 amide bonds. The molecule has 19 heavy (non-hydrogen) atoms. The van der Waals surface area contributed by atoms with Gasteiger partial charge < -0.3 is 10.1 Å². The number of rotatable bonds is 7. The molecule has 0 unspecified atom stereocenters. The highest BCUT2D eigenvalue weighted by molar-refractivity contribution is 7.11. The summed E-state index contributed by atoms with van der Waals surface area (Å²) in [4.78, 5) is 5.87. The maximum atomic E-state index is 5.16. The van der Waals surface area contributed by atoms with Crippen LogP contribution >= 0.6 is 11.3 Å². The summed E-state index contributed by atoms with van der Waals surface area (Å²) in [6.45, 7) is 1.06. The van der Waals surface area contributed by atoms with E-state index in [9.17, 15) is 0 Å². The molecule has 0 fully saturated rings. The van der Waals surface area contributed by atoms with Crippen LogP contribution < -0.4 is 10.1 Å². The fourth-order valence-corrected chi connectivity index (χ4v) is 2.90. The van der Waals surface area contributed by atoms with Crippen molar-refractivity contribution >= 4 is 11.3 Å². The molecule has 0 atom stereocenters. The van der Waals surface area contributed by atoms with Gasteiger partial charge in [0.2, 0.25) is 0 Å². The number of aromatic nitrogens is 1. The van der Waals surface area contributed by atoms with Crippen LogP contribution in [-0.2, 0) is 12.8 Å². The van der Waals surface area contributed by atoms with Crippen molar-refractivity contribution in [3.8, 4) is 5.75 Å². The first-order valence-corrected chi connectivity index (χ1v) is 7.34. The Hall–Kier alpha value is -1.39. The number of aryl methyl sites for hydroxylation is 1. The molecule has 0 saturated carbocycles. The van der Waals surface area contributed by atoms with E-state index in [1.54, 1.807) is 7.11 Å². The predicted octanol–water partition coefficient (Wildman–Crippen LogP) is 2.89. The summed E-state index contributed by atoms with van der Waals surface area (Å²) >= 11 is 1.82. The summed E-state index contributed by atoms with van der Waals surface area (Å²) in [7, 11) is 3.68. The second-order valence-electron chi connectivity index (χ2n) is 4.45. The summed E-state index contributed by atoms with van der Waals surface area (Å²) in [6, 6.07) is 8.19. The molecule has 0 aliphatic heterocycles. The quantitative estimate of drug-likeness (QED) is 0.790. The summed E-state index contributed by atoms with van der Waals surface area (Å²) in [5.74, 6) is 0.899. The highest BCUT2D eigenvalue weighted by atomic mass is 32.1.